The van der Waals surface area contributed by atoms with Crippen molar-refractivity contribution in [3.8, 4) is 61.6 Å². The Kier molecular flexibility index (Phi) is 6.87. The van der Waals surface area contributed by atoms with E-state index in [1.807, 2.05) is 0 Å². The Bertz CT molecular complexity index is 2730. The van der Waals surface area contributed by atoms with E-state index < -0.39 is 0 Å². The molecule has 2 heteroatoms. The normalized spacial score (nSPS) is 13.0. The van der Waals surface area contributed by atoms with Crippen molar-refractivity contribution in [1.29, 1.82) is 0 Å². The summed E-state index contributed by atoms with van der Waals surface area (Å²) in [4.78, 5) is 5.38. The van der Waals surface area contributed by atoms with Crippen LogP contribution in [0.2, 0.25) is 0 Å². The Morgan fingerprint density at radius 2 is 1.02 bits per heavy atom. The first-order valence-corrected chi connectivity index (χ1v) is 18.1. The van der Waals surface area contributed by atoms with Crippen LogP contribution in [-0.2, 0) is 5.41 Å². The highest BCUT2D eigenvalue weighted by Gasteiger charge is 2.35. The molecule has 9 aromatic rings. The number of para-hydroxylation sites is 1. The standard InChI is InChI=1S/C50H36N2/c1-50(2)43-23-13-12-21-39(43)40-27-25-36(30-44(40)50)35-26-28-47-42(29-35)49-41(22-14-24-48(49)52(47)38-19-10-5-11-20-38)46-32-37(33-15-6-3-7-16-33)31-45(51-46)34-17-8-4-9-18-34/h3-32H,1-2H3. The predicted molar refractivity (Wildman–Crippen MR) is 218 cm³/mol. The van der Waals surface area contributed by atoms with Gasteiger partial charge in [0.25, 0.3) is 0 Å². The number of benzene rings is 7. The molecule has 2 aromatic heterocycles. The van der Waals surface area contributed by atoms with Crippen molar-refractivity contribution in [2.45, 2.75) is 19.3 Å². The quantitative estimate of drug-likeness (QED) is 0.179. The van der Waals surface area contributed by atoms with Crippen LogP contribution in [0.3, 0.4) is 0 Å². The van der Waals surface area contributed by atoms with E-state index in [2.05, 4.69) is 200 Å². The van der Waals surface area contributed by atoms with Gasteiger partial charge in [0.2, 0.25) is 0 Å². The average molecular weight is 665 g/mol. The van der Waals surface area contributed by atoms with E-state index in [9.17, 15) is 0 Å². The van der Waals surface area contributed by atoms with Crippen molar-refractivity contribution in [1.82, 2.24) is 9.55 Å². The third kappa shape index (κ3) is 4.76. The van der Waals surface area contributed by atoms with Gasteiger partial charge in [-0.15, -0.1) is 0 Å². The molecule has 1 aliphatic rings. The molecule has 0 saturated heterocycles. The van der Waals surface area contributed by atoms with Crippen LogP contribution in [0.4, 0.5) is 0 Å². The van der Waals surface area contributed by atoms with Crippen LogP contribution in [0.25, 0.3) is 83.4 Å². The summed E-state index contributed by atoms with van der Waals surface area (Å²) in [5.41, 5.74) is 17.8. The van der Waals surface area contributed by atoms with Gasteiger partial charge in [0.15, 0.2) is 0 Å². The molecule has 246 valence electrons. The van der Waals surface area contributed by atoms with Crippen molar-refractivity contribution in [3.05, 3.63) is 193 Å². The number of rotatable bonds is 5. The second-order valence-electron chi connectivity index (χ2n) is 14.4. The van der Waals surface area contributed by atoms with E-state index >= 15 is 0 Å². The molecule has 0 aliphatic heterocycles. The zero-order valence-electron chi connectivity index (χ0n) is 29.2. The average Bonchev–Trinajstić information content (AvgIpc) is 3.66. The molecular weight excluding hydrogens is 629 g/mol. The van der Waals surface area contributed by atoms with E-state index in [-0.39, 0.29) is 5.41 Å². The van der Waals surface area contributed by atoms with Crippen molar-refractivity contribution in [2.24, 2.45) is 0 Å². The molecule has 0 spiro atoms. The van der Waals surface area contributed by atoms with Crippen LogP contribution < -0.4 is 0 Å². The monoisotopic (exact) mass is 664 g/mol. The molecule has 0 bridgehead atoms. The van der Waals surface area contributed by atoms with E-state index in [0.29, 0.717) is 0 Å². The fourth-order valence-corrected chi connectivity index (χ4v) is 8.43. The van der Waals surface area contributed by atoms with Crippen LogP contribution in [0.5, 0.6) is 0 Å². The fourth-order valence-electron chi connectivity index (χ4n) is 8.43. The summed E-state index contributed by atoms with van der Waals surface area (Å²) in [6.07, 6.45) is 0. The van der Waals surface area contributed by atoms with Gasteiger partial charge in [-0.3, -0.25) is 0 Å². The Morgan fingerprint density at radius 3 is 1.81 bits per heavy atom. The Labute approximate surface area is 304 Å². The first-order chi connectivity index (χ1) is 25.5. The molecule has 52 heavy (non-hydrogen) atoms. The summed E-state index contributed by atoms with van der Waals surface area (Å²) in [5, 5.41) is 2.41. The summed E-state index contributed by atoms with van der Waals surface area (Å²) in [7, 11) is 0. The molecular formula is C50H36N2. The number of hydrogen-bond donors (Lipinski definition) is 0. The van der Waals surface area contributed by atoms with E-state index in [4.69, 9.17) is 4.98 Å². The first kappa shape index (κ1) is 30.3. The lowest BCUT2D eigenvalue weighted by atomic mass is 9.81. The molecule has 10 rings (SSSR count). The van der Waals surface area contributed by atoms with Gasteiger partial charge in [-0.1, -0.05) is 147 Å². The lowest BCUT2D eigenvalue weighted by Gasteiger charge is -2.22. The zero-order valence-corrected chi connectivity index (χ0v) is 29.2. The molecule has 2 heterocycles. The first-order valence-electron chi connectivity index (χ1n) is 18.1. The summed E-state index contributed by atoms with van der Waals surface area (Å²) in [6, 6.07) is 65.9. The minimum Gasteiger partial charge on any atom is -0.309 e. The number of nitrogens with zero attached hydrogens (tertiary/aromatic N) is 2. The van der Waals surface area contributed by atoms with E-state index in [0.717, 1.165) is 39.3 Å². The Morgan fingerprint density at radius 1 is 0.404 bits per heavy atom. The highest BCUT2D eigenvalue weighted by molar-refractivity contribution is 6.16. The van der Waals surface area contributed by atoms with Crippen LogP contribution in [0.15, 0.2) is 182 Å². The molecule has 2 nitrogen and oxygen atoms in total. The lowest BCUT2D eigenvalue weighted by Crippen LogP contribution is -2.14. The third-order valence-corrected chi connectivity index (χ3v) is 11.0. The minimum atomic E-state index is -0.0611. The fraction of sp³-hybridized carbons (Fsp3) is 0.0600. The molecule has 0 atom stereocenters. The SMILES string of the molecule is CC1(C)c2ccccc2-c2ccc(-c3ccc4c(c3)c3c(-c5cc(-c6ccccc6)cc(-c6ccccc6)n5)cccc3n4-c3ccccc3)cc21. The molecule has 0 amide bonds. The molecule has 7 aromatic carbocycles. The van der Waals surface area contributed by atoms with Crippen molar-refractivity contribution < 1.29 is 0 Å². The number of aromatic nitrogens is 2. The van der Waals surface area contributed by atoms with Gasteiger partial charge < -0.3 is 4.57 Å². The van der Waals surface area contributed by atoms with Gasteiger partial charge in [0.05, 0.1) is 22.4 Å². The van der Waals surface area contributed by atoms with Crippen LogP contribution in [-0.4, -0.2) is 9.55 Å². The van der Waals surface area contributed by atoms with Gasteiger partial charge in [0, 0.05) is 33.0 Å². The molecule has 0 radical (unpaired) electrons. The van der Waals surface area contributed by atoms with Crippen LogP contribution in [0.1, 0.15) is 25.0 Å². The van der Waals surface area contributed by atoms with E-state index in [1.54, 1.807) is 0 Å². The Hall–Kier alpha value is -6.51. The number of hydrogen-bond acceptors (Lipinski definition) is 1. The minimum absolute atomic E-state index is 0.0611. The predicted octanol–water partition coefficient (Wildman–Crippen LogP) is 13.2. The van der Waals surface area contributed by atoms with Crippen LogP contribution in [0, 0.1) is 0 Å². The van der Waals surface area contributed by atoms with Crippen LogP contribution >= 0.6 is 0 Å². The van der Waals surface area contributed by atoms with Crippen molar-refractivity contribution >= 4 is 21.8 Å². The van der Waals surface area contributed by atoms with E-state index in [1.165, 1.54) is 55.2 Å². The third-order valence-electron chi connectivity index (χ3n) is 11.0. The smallest absolute Gasteiger partial charge is 0.0722 e. The summed E-state index contributed by atoms with van der Waals surface area (Å²) in [5.74, 6) is 0. The molecule has 0 unspecified atom stereocenters. The molecule has 0 N–H and O–H groups in total. The van der Waals surface area contributed by atoms with Crippen molar-refractivity contribution in [3.63, 3.8) is 0 Å². The maximum absolute atomic E-state index is 5.38. The van der Waals surface area contributed by atoms with Gasteiger partial charge in [-0.05, 0) is 93.0 Å². The maximum atomic E-state index is 5.38. The summed E-state index contributed by atoms with van der Waals surface area (Å²) in [6.45, 7) is 4.70. The van der Waals surface area contributed by atoms with Gasteiger partial charge in [-0.2, -0.15) is 0 Å². The zero-order chi connectivity index (χ0) is 34.8. The summed E-state index contributed by atoms with van der Waals surface area (Å²) < 4.78 is 2.40. The van der Waals surface area contributed by atoms with Gasteiger partial charge >= 0.3 is 0 Å². The second kappa shape index (κ2) is 11.8. The molecule has 1 aliphatic carbocycles. The number of fused-ring (bicyclic) bond motifs is 6. The van der Waals surface area contributed by atoms with Gasteiger partial charge in [0.1, 0.15) is 0 Å². The second-order valence-corrected chi connectivity index (χ2v) is 14.4. The molecule has 0 saturated carbocycles. The topological polar surface area (TPSA) is 17.8 Å². The largest absolute Gasteiger partial charge is 0.309 e. The molecule has 0 fully saturated rings. The number of pyridine rings is 1. The van der Waals surface area contributed by atoms with Crippen molar-refractivity contribution in [2.75, 3.05) is 0 Å². The maximum Gasteiger partial charge on any atom is 0.0722 e. The Balaban J connectivity index is 1.23. The summed E-state index contributed by atoms with van der Waals surface area (Å²) >= 11 is 0. The lowest BCUT2D eigenvalue weighted by molar-refractivity contribution is 0.660. The van der Waals surface area contributed by atoms with Gasteiger partial charge in [-0.25, -0.2) is 4.98 Å². The highest BCUT2D eigenvalue weighted by atomic mass is 15.0. The highest BCUT2D eigenvalue weighted by Crippen LogP contribution is 2.50.